The standard InChI is InChI=1S/C17H23N3O4S/c1-17(2,3)24-16(22)13-11-25-15(20-13)12-4-5-18-14(10-12)19-6-8-23-9-7-21/h4-5,10-11,21H,6-9H2,1-3H3,(H,18,19). The van der Waals surface area contributed by atoms with Gasteiger partial charge >= 0.3 is 5.97 Å². The molecule has 2 N–H and O–H groups in total. The Kier molecular flexibility index (Phi) is 6.86. The summed E-state index contributed by atoms with van der Waals surface area (Å²) in [5.41, 5.74) is 0.624. The number of rotatable bonds is 8. The lowest BCUT2D eigenvalue weighted by Crippen LogP contribution is -2.24. The van der Waals surface area contributed by atoms with E-state index in [1.54, 1.807) is 11.6 Å². The van der Waals surface area contributed by atoms with Crippen LogP contribution in [0.2, 0.25) is 0 Å². The first kappa shape index (κ1) is 19.3. The van der Waals surface area contributed by atoms with Gasteiger partial charge in [0, 0.05) is 23.7 Å². The molecule has 0 spiro atoms. The summed E-state index contributed by atoms with van der Waals surface area (Å²) in [5.74, 6) is 0.266. The van der Waals surface area contributed by atoms with Gasteiger partial charge in [0.05, 0.1) is 19.8 Å². The molecule has 25 heavy (non-hydrogen) atoms. The van der Waals surface area contributed by atoms with E-state index in [0.717, 1.165) is 10.6 Å². The summed E-state index contributed by atoms with van der Waals surface area (Å²) in [6, 6.07) is 3.70. The van der Waals surface area contributed by atoms with Crippen molar-refractivity contribution in [2.45, 2.75) is 26.4 Å². The molecule has 2 aromatic heterocycles. The summed E-state index contributed by atoms with van der Waals surface area (Å²) >= 11 is 1.38. The maximum atomic E-state index is 12.1. The van der Waals surface area contributed by atoms with Crippen molar-refractivity contribution in [1.29, 1.82) is 0 Å². The van der Waals surface area contributed by atoms with E-state index in [-0.39, 0.29) is 6.61 Å². The molecule has 7 nitrogen and oxygen atoms in total. The van der Waals surface area contributed by atoms with E-state index in [1.807, 2.05) is 32.9 Å². The molecule has 136 valence electrons. The van der Waals surface area contributed by atoms with Gasteiger partial charge in [-0.2, -0.15) is 0 Å². The van der Waals surface area contributed by atoms with Gasteiger partial charge in [-0.05, 0) is 32.9 Å². The normalized spacial score (nSPS) is 11.4. The molecule has 0 unspecified atom stereocenters. The fourth-order valence-electron chi connectivity index (χ4n) is 1.91. The lowest BCUT2D eigenvalue weighted by molar-refractivity contribution is 0.00638. The SMILES string of the molecule is CC(C)(C)OC(=O)c1csc(-c2ccnc(NCCOCCO)c2)n1. The number of aliphatic hydroxyl groups excluding tert-OH is 1. The number of nitrogens with one attached hydrogen (secondary N) is 1. The van der Waals surface area contributed by atoms with Gasteiger partial charge in [-0.25, -0.2) is 14.8 Å². The Morgan fingerprint density at radius 1 is 1.36 bits per heavy atom. The van der Waals surface area contributed by atoms with E-state index >= 15 is 0 Å². The monoisotopic (exact) mass is 365 g/mol. The molecule has 0 aliphatic heterocycles. The van der Waals surface area contributed by atoms with Crippen molar-refractivity contribution in [3.8, 4) is 10.6 Å². The zero-order chi connectivity index (χ0) is 18.3. The summed E-state index contributed by atoms with van der Waals surface area (Å²) in [6.07, 6.45) is 1.68. The second kappa shape index (κ2) is 8.89. The minimum Gasteiger partial charge on any atom is -0.455 e. The van der Waals surface area contributed by atoms with Crippen molar-refractivity contribution in [3.63, 3.8) is 0 Å². The fourth-order valence-corrected chi connectivity index (χ4v) is 2.69. The summed E-state index contributed by atoms with van der Waals surface area (Å²) in [6.45, 7) is 6.86. The lowest BCUT2D eigenvalue weighted by Gasteiger charge is -2.18. The number of thiazole rings is 1. The summed E-state index contributed by atoms with van der Waals surface area (Å²) < 4.78 is 10.5. The minimum atomic E-state index is -0.549. The largest absolute Gasteiger partial charge is 0.455 e. The summed E-state index contributed by atoms with van der Waals surface area (Å²) in [7, 11) is 0. The van der Waals surface area contributed by atoms with Crippen LogP contribution in [0.25, 0.3) is 10.6 Å². The van der Waals surface area contributed by atoms with Crippen LogP contribution < -0.4 is 5.32 Å². The highest BCUT2D eigenvalue weighted by Crippen LogP contribution is 2.26. The van der Waals surface area contributed by atoms with Crippen molar-refractivity contribution in [1.82, 2.24) is 9.97 Å². The quantitative estimate of drug-likeness (QED) is 0.548. The van der Waals surface area contributed by atoms with Crippen LogP contribution in [0.15, 0.2) is 23.7 Å². The van der Waals surface area contributed by atoms with Crippen molar-refractivity contribution in [2.24, 2.45) is 0 Å². The van der Waals surface area contributed by atoms with Crippen LogP contribution in [-0.4, -0.2) is 53.0 Å². The second-order valence-electron chi connectivity index (χ2n) is 6.23. The number of carbonyl (C=O) groups is 1. The third-order valence-electron chi connectivity index (χ3n) is 2.91. The van der Waals surface area contributed by atoms with Crippen molar-refractivity contribution in [3.05, 3.63) is 29.4 Å². The number of anilines is 1. The summed E-state index contributed by atoms with van der Waals surface area (Å²) in [5, 5.41) is 14.2. The van der Waals surface area contributed by atoms with E-state index < -0.39 is 11.6 Å². The molecule has 0 aliphatic rings. The number of nitrogens with zero attached hydrogens (tertiary/aromatic N) is 2. The van der Waals surface area contributed by atoms with Crippen LogP contribution in [0, 0.1) is 0 Å². The van der Waals surface area contributed by atoms with Crippen LogP contribution in [0.3, 0.4) is 0 Å². The van der Waals surface area contributed by atoms with E-state index in [0.29, 0.717) is 31.3 Å². The van der Waals surface area contributed by atoms with Crippen LogP contribution in [0.1, 0.15) is 31.3 Å². The Morgan fingerprint density at radius 3 is 2.88 bits per heavy atom. The highest BCUT2D eigenvalue weighted by molar-refractivity contribution is 7.13. The predicted octanol–water partition coefficient (Wildman–Crippen LogP) is 2.58. The highest BCUT2D eigenvalue weighted by atomic mass is 32.1. The van der Waals surface area contributed by atoms with Crippen molar-refractivity contribution in [2.75, 3.05) is 31.7 Å². The number of aliphatic hydroxyl groups is 1. The number of hydrogen-bond acceptors (Lipinski definition) is 8. The molecule has 2 rings (SSSR count). The molecule has 0 aromatic carbocycles. The molecule has 2 aromatic rings. The van der Waals surface area contributed by atoms with Gasteiger partial charge in [0.1, 0.15) is 16.4 Å². The molecule has 0 aliphatic carbocycles. The average molecular weight is 365 g/mol. The van der Waals surface area contributed by atoms with Gasteiger partial charge in [-0.3, -0.25) is 0 Å². The van der Waals surface area contributed by atoms with E-state index in [4.69, 9.17) is 14.6 Å². The zero-order valence-corrected chi connectivity index (χ0v) is 15.4. The molecule has 0 bridgehead atoms. The first-order chi connectivity index (χ1) is 11.9. The van der Waals surface area contributed by atoms with E-state index in [1.165, 1.54) is 11.3 Å². The van der Waals surface area contributed by atoms with Gasteiger partial charge in [0.15, 0.2) is 5.69 Å². The Morgan fingerprint density at radius 2 is 2.16 bits per heavy atom. The minimum absolute atomic E-state index is 0.0117. The second-order valence-corrected chi connectivity index (χ2v) is 7.09. The number of esters is 1. The third kappa shape index (κ3) is 6.41. The molecule has 8 heteroatoms. The van der Waals surface area contributed by atoms with E-state index in [9.17, 15) is 4.79 Å². The topological polar surface area (TPSA) is 93.6 Å². The van der Waals surface area contributed by atoms with Crippen LogP contribution in [-0.2, 0) is 9.47 Å². The molecular formula is C17H23N3O4S. The number of pyridine rings is 1. The van der Waals surface area contributed by atoms with Gasteiger partial charge in [0.25, 0.3) is 0 Å². The van der Waals surface area contributed by atoms with Gasteiger partial charge in [0.2, 0.25) is 0 Å². The van der Waals surface area contributed by atoms with Gasteiger partial charge in [-0.1, -0.05) is 0 Å². The van der Waals surface area contributed by atoms with Crippen molar-refractivity contribution >= 4 is 23.1 Å². The number of carbonyl (C=O) groups excluding carboxylic acids is 1. The van der Waals surface area contributed by atoms with Crippen LogP contribution in [0.4, 0.5) is 5.82 Å². The zero-order valence-electron chi connectivity index (χ0n) is 14.6. The molecule has 0 amide bonds. The fraction of sp³-hybridized carbons (Fsp3) is 0.471. The lowest BCUT2D eigenvalue weighted by atomic mass is 10.2. The van der Waals surface area contributed by atoms with Gasteiger partial charge in [-0.15, -0.1) is 11.3 Å². The average Bonchev–Trinajstić information content (AvgIpc) is 3.04. The third-order valence-corrected chi connectivity index (χ3v) is 3.80. The Hall–Kier alpha value is -2.03. The number of ether oxygens (including phenoxy) is 2. The number of aromatic nitrogens is 2. The highest BCUT2D eigenvalue weighted by Gasteiger charge is 2.20. The number of hydrogen-bond donors (Lipinski definition) is 2. The maximum Gasteiger partial charge on any atom is 0.358 e. The molecular weight excluding hydrogens is 342 g/mol. The summed E-state index contributed by atoms with van der Waals surface area (Å²) in [4.78, 5) is 20.7. The molecule has 0 saturated carbocycles. The first-order valence-corrected chi connectivity index (χ1v) is 8.85. The van der Waals surface area contributed by atoms with Crippen LogP contribution in [0.5, 0.6) is 0 Å². The first-order valence-electron chi connectivity index (χ1n) is 7.97. The Balaban J connectivity index is 2.00. The molecule has 2 heterocycles. The molecule has 0 saturated heterocycles. The molecule has 0 radical (unpaired) electrons. The molecule has 0 fully saturated rings. The Bertz CT molecular complexity index is 697. The van der Waals surface area contributed by atoms with Gasteiger partial charge < -0.3 is 19.9 Å². The van der Waals surface area contributed by atoms with Crippen molar-refractivity contribution < 1.29 is 19.4 Å². The maximum absolute atomic E-state index is 12.1. The molecule has 0 atom stereocenters. The van der Waals surface area contributed by atoms with Crippen LogP contribution >= 0.6 is 11.3 Å². The predicted molar refractivity (Wildman–Crippen MR) is 96.9 cm³/mol. The Labute approximate surface area is 151 Å². The smallest absolute Gasteiger partial charge is 0.358 e. The van der Waals surface area contributed by atoms with E-state index in [2.05, 4.69) is 15.3 Å².